The van der Waals surface area contributed by atoms with Crippen molar-refractivity contribution < 1.29 is 92.4 Å². The standard InChI is InChI=1S/C17H22O5.C11H18O4.C9H15NO3.C7H10O4.C6H9NO3/c1-13(2)17(20)22-12-6-4-3-5-11-21-15-9-7-14(8-10-15)16(18)19;1-9(2)11(14)15-8-6-4-3-5-7-10(12)13;1-2-8(11)10-7-5-3-4-6-9(12)13;1-5(2)7(10)11-4-3-6(8)9;1-2-5(8)7-4-3-6(9)10/h7-10H,1,3-6,11-12H2,2H3,(H,18,19);1,3-8H2,2H3,(H,12,13);2H,1,3-7H2,(H,10,11)(H,12,13);1,3-4H2,2H3,(H,8,9);2H,1,3-4H2,(H,7,8)(H,9,10). The molecule has 0 aromatic heterocycles. The summed E-state index contributed by atoms with van der Waals surface area (Å²) in [7, 11) is 0. The van der Waals surface area contributed by atoms with Crippen molar-refractivity contribution in [3.8, 4) is 5.75 Å². The van der Waals surface area contributed by atoms with Gasteiger partial charge in [-0.25, -0.2) is 19.2 Å². The van der Waals surface area contributed by atoms with Gasteiger partial charge in [0, 0.05) is 42.7 Å². The van der Waals surface area contributed by atoms with Gasteiger partial charge >= 0.3 is 47.8 Å². The van der Waals surface area contributed by atoms with Crippen LogP contribution in [-0.2, 0) is 57.4 Å². The summed E-state index contributed by atoms with van der Waals surface area (Å²) in [6.45, 7) is 23.6. The number of hydrogen-bond acceptors (Lipinski definition) is 14. The van der Waals surface area contributed by atoms with Gasteiger partial charge < -0.3 is 55.1 Å². The van der Waals surface area contributed by atoms with Crippen LogP contribution in [0.25, 0.3) is 0 Å². The van der Waals surface area contributed by atoms with Crippen LogP contribution in [-0.4, -0.2) is 125 Å². The molecule has 7 N–H and O–H groups in total. The summed E-state index contributed by atoms with van der Waals surface area (Å²) in [5.41, 5.74) is 1.34. The zero-order valence-corrected chi connectivity index (χ0v) is 41.3. The number of carbonyl (C=O) groups is 10. The van der Waals surface area contributed by atoms with Gasteiger partial charge in [0.25, 0.3) is 0 Å². The first kappa shape index (κ1) is 70.0. The number of benzene rings is 1. The molecule has 1 aromatic carbocycles. The molecule has 71 heavy (non-hydrogen) atoms. The van der Waals surface area contributed by atoms with E-state index in [0.717, 1.165) is 63.9 Å². The van der Waals surface area contributed by atoms with Crippen LogP contribution in [0.3, 0.4) is 0 Å². The molecule has 0 bridgehead atoms. The molecule has 21 heteroatoms. The molecule has 0 spiro atoms. The number of aliphatic carboxylic acids is 4. The van der Waals surface area contributed by atoms with Crippen molar-refractivity contribution in [3.63, 3.8) is 0 Å². The fourth-order valence-electron chi connectivity index (χ4n) is 4.33. The minimum atomic E-state index is -0.987. The minimum Gasteiger partial charge on any atom is -0.494 e. The van der Waals surface area contributed by atoms with Crippen LogP contribution in [0, 0.1) is 0 Å². The largest absolute Gasteiger partial charge is 0.494 e. The van der Waals surface area contributed by atoms with Crippen LogP contribution in [0.4, 0.5) is 0 Å². The quantitative estimate of drug-likeness (QED) is 0.0164. The van der Waals surface area contributed by atoms with Crippen molar-refractivity contribution >= 4 is 59.6 Å². The first-order valence-electron chi connectivity index (χ1n) is 22.5. The Morgan fingerprint density at radius 3 is 1.17 bits per heavy atom. The Morgan fingerprint density at radius 1 is 0.451 bits per heavy atom. The Balaban J connectivity index is -0.000000409. The predicted octanol–water partition coefficient (Wildman–Crippen LogP) is 6.86. The maximum Gasteiger partial charge on any atom is 0.335 e. The molecule has 0 saturated heterocycles. The highest BCUT2D eigenvalue weighted by atomic mass is 16.5. The predicted molar refractivity (Wildman–Crippen MR) is 262 cm³/mol. The second-order valence-corrected chi connectivity index (χ2v) is 14.9. The van der Waals surface area contributed by atoms with Crippen LogP contribution in [0.15, 0.2) is 86.0 Å². The third-order valence-electron chi connectivity index (χ3n) is 8.13. The lowest BCUT2D eigenvalue weighted by atomic mass is 10.1. The first-order valence-corrected chi connectivity index (χ1v) is 22.5. The zero-order valence-electron chi connectivity index (χ0n) is 41.3. The summed E-state index contributed by atoms with van der Waals surface area (Å²) in [5.74, 6) is -5.50. The molecule has 0 atom stereocenters. The normalized spacial score (nSPS) is 9.39. The Morgan fingerprint density at radius 2 is 0.803 bits per heavy atom. The highest BCUT2D eigenvalue weighted by molar-refractivity contribution is 5.89. The molecule has 0 heterocycles. The van der Waals surface area contributed by atoms with Crippen LogP contribution >= 0.6 is 0 Å². The van der Waals surface area contributed by atoms with E-state index >= 15 is 0 Å². The summed E-state index contributed by atoms with van der Waals surface area (Å²) < 4.78 is 19.9. The number of rotatable bonds is 33. The number of aromatic carboxylic acids is 1. The highest BCUT2D eigenvalue weighted by Crippen LogP contribution is 2.13. The number of hydrogen-bond donors (Lipinski definition) is 7. The molecule has 2 amide bonds. The lowest BCUT2D eigenvalue weighted by molar-refractivity contribution is -0.144. The summed E-state index contributed by atoms with van der Waals surface area (Å²) in [6, 6.07) is 6.35. The van der Waals surface area contributed by atoms with Gasteiger partial charge in [0.2, 0.25) is 11.8 Å². The van der Waals surface area contributed by atoms with E-state index in [-0.39, 0.29) is 73.7 Å². The molecule has 0 saturated carbocycles. The molecule has 21 nitrogen and oxygen atoms in total. The molecule has 1 rings (SSSR count). The number of unbranched alkanes of at least 4 members (excludes halogenated alkanes) is 8. The van der Waals surface area contributed by atoms with E-state index < -0.39 is 35.8 Å². The molecular weight excluding hydrogens is 933 g/mol. The summed E-state index contributed by atoms with van der Waals surface area (Å²) in [5, 5.41) is 46.7. The van der Waals surface area contributed by atoms with Gasteiger partial charge in [0.1, 0.15) is 12.4 Å². The third-order valence-corrected chi connectivity index (χ3v) is 8.13. The van der Waals surface area contributed by atoms with Crippen LogP contribution < -0.4 is 15.4 Å². The molecule has 0 fully saturated rings. The minimum absolute atomic E-state index is 0.0560. The maximum absolute atomic E-state index is 11.1. The van der Waals surface area contributed by atoms with E-state index in [1.165, 1.54) is 25.1 Å². The van der Waals surface area contributed by atoms with Crippen molar-refractivity contribution in [2.24, 2.45) is 0 Å². The average Bonchev–Trinajstić information content (AvgIpc) is 3.30. The summed E-state index contributed by atoms with van der Waals surface area (Å²) >= 11 is 0. The van der Waals surface area contributed by atoms with Crippen molar-refractivity contribution in [2.75, 3.05) is 39.5 Å². The number of carbonyl (C=O) groups excluding carboxylic acids is 5. The van der Waals surface area contributed by atoms with Gasteiger partial charge in [-0.3, -0.25) is 28.8 Å². The van der Waals surface area contributed by atoms with Crippen molar-refractivity contribution in [1.29, 1.82) is 0 Å². The van der Waals surface area contributed by atoms with Crippen molar-refractivity contribution in [1.82, 2.24) is 10.6 Å². The van der Waals surface area contributed by atoms with Gasteiger partial charge in [-0.1, -0.05) is 52.2 Å². The van der Waals surface area contributed by atoms with Crippen molar-refractivity contribution in [2.45, 2.75) is 117 Å². The van der Waals surface area contributed by atoms with Gasteiger partial charge in [-0.05, 0) is 109 Å². The molecule has 0 aliphatic rings. The molecule has 1 aromatic rings. The van der Waals surface area contributed by atoms with Gasteiger partial charge in [0.05, 0.1) is 38.2 Å². The van der Waals surface area contributed by atoms with Crippen LogP contribution in [0.2, 0.25) is 0 Å². The van der Waals surface area contributed by atoms with Crippen LogP contribution in [0.5, 0.6) is 5.75 Å². The highest BCUT2D eigenvalue weighted by Gasteiger charge is 2.06. The van der Waals surface area contributed by atoms with Gasteiger partial charge in [-0.15, -0.1) is 0 Å². The molecule has 0 radical (unpaired) electrons. The molecular formula is C50H74N2O19. The maximum atomic E-state index is 11.1. The monoisotopic (exact) mass is 1010 g/mol. The van der Waals surface area contributed by atoms with E-state index in [1.54, 1.807) is 26.0 Å². The van der Waals surface area contributed by atoms with E-state index in [2.05, 4.69) is 48.3 Å². The number of esters is 3. The number of nitrogens with one attached hydrogen (secondary N) is 2. The lowest BCUT2D eigenvalue weighted by Crippen LogP contribution is -2.23. The van der Waals surface area contributed by atoms with Crippen LogP contribution in [0.1, 0.15) is 127 Å². The van der Waals surface area contributed by atoms with E-state index in [1.807, 2.05) is 0 Å². The third kappa shape index (κ3) is 54.9. The SMILES string of the molecule is C=C(C)C(=O)OCCC(=O)O.C=C(C)C(=O)OCCCCCCC(=O)O.C=C(C)C(=O)OCCCCCCOc1ccc(C(=O)O)cc1.C=CC(=O)NCCC(=O)O.C=CC(=O)NCCCCCC(=O)O. The fraction of sp³-hybridized carbons (Fsp3) is 0.480. The second-order valence-electron chi connectivity index (χ2n) is 14.9. The second kappa shape index (κ2) is 47.5. The fourth-order valence-corrected chi connectivity index (χ4v) is 4.33. The average molecular weight is 1010 g/mol. The number of amides is 2. The number of carboxylic acids is 5. The van der Waals surface area contributed by atoms with E-state index in [0.29, 0.717) is 56.1 Å². The van der Waals surface area contributed by atoms with Crippen molar-refractivity contribution in [3.05, 3.63) is 91.6 Å². The molecule has 0 unspecified atom stereocenters. The van der Waals surface area contributed by atoms with E-state index in [4.69, 9.17) is 39.7 Å². The van der Waals surface area contributed by atoms with Gasteiger partial charge in [0.15, 0.2) is 0 Å². The number of ether oxygens (including phenoxy) is 4. The smallest absolute Gasteiger partial charge is 0.335 e. The summed E-state index contributed by atoms with van der Waals surface area (Å²) in [4.78, 5) is 104. The summed E-state index contributed by atoms with van der Waals surface area (Å²) in [6.07, 6.45) is 11.7. The molecule has 0 aliphatic carbocycles. The Kier molecular flexibility index (Phi) is 46.8. The first-order chi connectivity index (χ1) is 33.4. The lowest BCUT2D eigenvalue weighted by Gasteiger charge is -2.07. The molecule has 398 valence electrons. The Hall–Kier alpha value is -7.58. The zero-order chi connectivity index (χ0) is 55.0. The van der Waals surface area contributed by atoms with E-state index in [9.17, 15) is 47.9 Å². The van der Waals surface area contributed by atoms with Gasteiger partial charge in [-0.2, -0.15) is 0 Å². The molecule has 0 aliphatic heterocycles. The Labute approximate surface area is 415 Å². The number of carboxylic acid groups (broad SMARTS) is 5. The Bertz CT molecular complexity index is 1850. The topological polar surface area (TPSA) is 333 Å².